The molecule has 2 rings (SSSR count). The molecular formula is C15H17FN2. The summed E-state index contributed by atoms with van der Waals surface area (Å²) in [5.74, 6) is -0.203. The Morgan fingerprint density at radius 1 is 1.28 bits per heavy atom. The van der Waals surface area contributed by atoms with E-state index in [1.165, 1.54) is 0 Å². The number of aromatic nitrogens is 1. The molecule has 0 spiro atoms. The molecule has 2 nitrogen and oxygen atoms in total. The van der Waals surface area contributed by atoms with Crippen LogP contribution < -0.4 is 5.32 Å². The van der Waals surface area contributed by atoms with Crippen LogP contribution in [0.15, 0.2) is 42.7 Å². The monoisotopic (exact) mass is 244 g/mol. The van der Waals surface area contributed by atoms with E-state index < -0.39 is 0 Å². The number of nitrogens with one attached hydrogen (secondary N) is 1. The van der Waals surface area contributed by atoms with Crippen molar-refractivity contribution in [2.24, 2.45) is 0 Å². The zero-order valence-corrected chi connectivity index (χ0v) is 10.7. The Morgan fingerprint density at radius 3 is 2.72 bits per heavy atom. The highest BCUT2D eigenvalue weighted by atomic mass is 19.1. The van der Waals surface area contributed by atoms with Gasteiger partial charge in [0.05, 0.1) is 0 Å². The minimum Gasteiger partial charge on any atom is -0.310 e. The second-order valence-corrected chi connectivity index (χ2v) is 4.59. The van der Waals surface area contributed by atoms with Crippen LogP contribution in [0.4, 0.5) is 4.39 Å². The van der Waals surface area contributed by atoms with E-state index in [0.717, 1.165) is 11.1 Å². The zero-order chi connectivity index (χ0) is 13.0. The minimum atomic E-state index is -0.203. The van der Waals surface area contributed by atoms with Gasteiger partial charge in [0.25, 0.3) is 0 Å². The number of nitrogens with zero attached hydrogens (tertiary/aromatic N) is 1. The number of hydrogen-bond donors (Lipinski definition) is 1. The number of hydrogen-bond acceptors (Lipinski definition) is 2. The summed E-state index contributed by atoms with van der Waals surface area (Å²) in [5.41, 5.74) is 2.35. The quantitative estimate of drug-likeness (QED) is 0.891. The second kappa shape index (κ2) is 5.74. The van der Waals surface area contributed by atoms with Gasteiger partial charge in [-0.3, -0.25) is 4.98 Å². The second-order valence-electron chi connectivity index (χ2n) is 4.59. The Kier molecular flexibility index (Phi) is 4.05. The average molecular weight is 244 g/mol. The molecule has 0 radical (unpaired) electrons. The highest BCUT2D eigenvalue weighted by molar-refractivity contribution is 5.63. The molecule has 1 aromatic carbocycles. The van der Waals surface area contributed by atoms with Gasteiger partial charge in [-0.15, -0.1) is 0 Å². The van der Waals surface area contributed by atoms with Crippen molar-refractivity contribution in [2.75, 3.05) is 0 Å². The van der Waals surface area contributed by atoms with Gasteiger partial charge >= 0.3 is 0 Å². The van der Waals surface area contributed by atoms with E-state index in [-0.39, 0.29) is 5.82 Å². The van der Waals surface area contributed by atoms with Crippen LogP contribution in [0.5, 0.6) is 0 Å². The zero-order valence-electron chi connectivity index (χ0n) is 10.7. The maximum Gasteiger partial charge on any atom is 0.131 e. The van der Waals surface area contributed by atoms with Crippen molar-refractivity contribution in [2.45, 2.75) is 26.4 Å². The van der Waals surface area contributed by atoms with Crippen molar-refractivity contribution in [3.05, 3.63) is 54.1 Å². The summed E-state index contributed by atoms with van der Waals surface area (Å²) in [6.07, 6.45) is 3.35. The molecule has 3 heteroatoms. The van der Waals surface area contributed by atoms with Crippen molar-refractivity contribution < 1.29 is 4.39 Å². The Balaban J connectivity index is 2.20. The van der Waals surface area contributed by atoms with E-state index in [2.05, 4.69) is 24.1 Å². The summed E-state index contributed by atoms with van der Waals surface area (Å²) in [4.78, 5) is 4.01. The van der Waals surface area contributed by atoms with Crippen LogP contribution in [-0.2, 0) is 6.54 Å². The maximum atomic E-state index is 14.0. The van der Waals surface area contributed by atoms with Gasteiger partial charge in [-0.05, 0) is 17.7 Å². The van der Waals surface area contributed by atoms with Gasteiger partial charge < -0.3 is 5.32 Å². The summed E-state index contributed by atoms with van der Waals surface area (Å²) in [5, 5.41) is 3.27. The molecule has 1 aromatic heterocycles. The molecule has 0 saturated carbocycles. The average Bonchev–Trinajstić information content (AvgIpc) is 2.37. The van der Waals surface area contributed by atoms with Crippen LogP contribution in [0.2, 0.25) is 0 Å². The van der Waals surface area contributed by atoms with Gasteiger partial charge in [-0.2, -0.15) is 0 Å². The smallest absolute Gasteiger partial charge is 0.131 e. The lowest BCUT2D eigenvalue weighted by Gasteiger charge is -2.09. The third-order valence-corrected chi connectivity index (χ3v) is 2.72. The summed E-state index contributed by atoms with van der Waals surface area (Å²) in [6.45, 7) is 4.82. The van der Waals surface area contributed by atoms with Gasteiger partial charge in [-0.25, -0.2) is 4.39 Å². The summed E-state index contributed by atoms with van der Waals surface area (Å²) in [7, 11) is 0. The lowest BCUT2D eigenvalue weighted by Crippen LogP contribution is -2.21. The molecule has 0 saturated heterocycles. The van der Waals surface area contributed by atoms with Crippen LogP contribution >= 0.6 is 0 Å². The molecule has 0 amide bonds. The molecule has 0 bridgehead atoms. The Morgan fingerprint density at radius 2 is 2.11 bits per heavy atom. The SMILES string of the molecule is CC(C)NCc1ccc(-c2cccnc2)c(F)c1. The standard InChI is InChI=1S/C15H17FN2/c1-11(2)18-9-12-5-6-14(15(16)8-12)13-4-3-7-17-10-13/h3-8,10-11,18H,9H2,1-2H3. The molecule has 0 atom stereocenters. The van der Waals surface area contributed by atoms with Crippen LogP contribution in [0, 0.1) is 5.82 Å². The Bertz CT molecular complexity index is 509. The summed E-state index contributed by atoms with van der Waals surface area (Å²) < 4.78 is 14.0. The highest BCUT2D eigenvalue weighted by Gasteiger charge is 2.06. The van der Waals surface area contributed by atoms with E-state index in [0.29, 0.717) is 18.2 Å². The van der Waals surface area contributed by atoms with Crippen LogP contribution in [0.1, 0.15) is 19.4 Å². The molecule has 1 heterocycles. The summed E-state index contributed by atoms with van der Waals surface area (Å²) in [6, 6.07) is 9.40. The van der Waals surface area contributed by atoms with Gasteiger partial charge in [0.1, 0.15) is 5.82 Å². The van der Waals surface area contributed by atoms with Crippen LogP contribution in [-0.4, -0.2) is 11.0 Å². The Hall–Kier alpha value is -1.74. The van der Waals surface area contributed by atoms with Crippen LogP contribution in [0.25, 0.3) is 11.1 Å². The maximum absolute atomic E-state index is 14.0. The molecule has 0 unspecified atom stereocenters. The topological polar surface area (TPSA) is 24.9 Å². The first-order chi connectivity index (χ1) is 8.66. The lowest BCUT2D eigenvalue weighted by molar-refractivity contribution is 0.582. The van der Waals surface area contributed by atoms with Crippen molar-refractivity contribution in [3.8, 4) is 11.1 Å². The van der Waals surface area contributed by atoms with Crippen molar-refractivity contribution in [1.29, 1.82) is 0 Å². The molecule has 0 aliphatic carbocycles. The molecular weight excluding hydrogens is 227 g/mol. The molecule has 1 N–H and O–H groups in total. The van der Waals surface area contributed by atoms with E-state index >= 15 is 0 Å². The molecule has 0 aliphatic heterocycles. The first-order valence-corrected chi connectivity index (χ1v) is 6.09. The number of benzene rings is 1. The molecule has 2 aromatic rings. The number of pyridine rings is 1. The van der Waals surface area contributed by atoms with Crippen LogP contribution in [0.3, 0.4) is 0 Å². The molecule has 94 valence electrons. The van der Waals surface area contributed by atoms with Gasteiger partial charge in [0, 0.05) is 36.1 Å². The number of halogens is 1. The third-order valence-electron chi connectivity index (χ3n) is 2.72. The Labute approximate surface area is 107 Å². The predicted molar refractivity (Wildman–Crippen MR) is 71.6 cm³/mol. The molecule has 18 heavy (non-hydrogen) atoms. The lowest BCUT2D eigenvalue weighted by atomic mass is 10.0. The molecule has 0 aliphatic rings. The normalized spacial score (nSPS) is 10.9. The predicted octanol–water partition coefficient (Wildman–Crippen LogP) is 3.39. The molecule has 0 fully saturated rings. The van der Waals surface area contributed by atoms with Gasteiger partial charge in [0.15, 0.2) is 0 Å². The first-order valence-electron chi connectivity index (χ1n) is 6.09. The third kappa shape index (κ3) is 3.14. The largest absolute Gasteiger partial charge is 0.310 e. The van der Waals surface area contributed by atoms with Crippen molar-refractivity contribution in [1.82, 2.24) is 10.3 Å². The highest BCUT2D eigenvalue weighted by Crippen LogP contribution is 2.22. The van der Waals surface area contributed by atoms with Gasteiger partial charge in [0.2, 0.25) is 0 Å². The fourth-order valence-electron chi connectivity index (χ4n) is 1.75. The van der Waals surface area contributed by atoms with E-state index in [1.54, 1.807) is 18.5 Å². The first kappa shape index (κ1) is 12.7. The minimum absolute atomic E-state index is 0.203. The summed E-state index contributed by atoms with van der Waals surface area (Å²) >= 11 is 0. The van der Waals surface area contributed by atoms with E-state index in [4.69, 9.17) is 0 Å². The fourth-order valence-corrected chi connectivity index (χ4v) is 1.75. The number of rotatable bonds is 4. The fraction of sp³-hybridized carbons (Fsp3) is 0.267. The van der Waals surface area contributed by atoms with Crippen molar-refractivity contribution >= 4 is 0 Å². The van der Waals surface area contributed by atoms with E-state index in [9.17, 15) is 4.39 Å². The van der Waals surface area contributed by atoms with Crippen molar-refractivity contribution in [3.63, 3.8) is 0 Å². The van der Waals surface area contributed by atoms with Gasteiger partial charge in [-0.1, -0.05) is 32.0 Å². The van der Waals surface area contributed by atoms with E-state index in [1.807, 2.05) is 24.3 Å².